The molecule has 0 aliphatic heterocycles. The molecule has 0 spiro atoms. The highest BCUT2D eigenvalue weighted by molar-refractivity contribution is 6.06. The van der Waals surface area contributed by atoms with Crippen molar-refractivity contribution < 1.29 is 13.9 Å². The van der Waals surface area contributed by atoms with Gasteiger partial charge < -0.3 is 14.5 Å². The number of fused-ring (bicyclic) bond motifs is 3. The number of amides is 1. The first-order valence-corrected chi connectivity index (χ1v) is 8.14. The van der Waals surface area contributed by atoms with Crippen LogP contribution in [0.4, 0.5) is 5.69 Å². The number of ether oxygens (including phenoxy) is 1. The number of anilines is 1. The average Bonchev–Trinajstić information content (AvgIpc) is 3.00. The van der Waals surface area contributed by atoms with Crippen molar-refractivity contribution in [1.82, 2.24) is 0 Å². The number of benzene rings is 3. The minimum Gasteiger partial charge on any atom is -0.481 e. The third-order valence-corrected chi connectivity index (χ3v) is 4.07. The van der Waals surface area contributed by atoms with Gasteiger partial charge in [0.1, 0.15) is 16.9 Å². The molecule has 1 aromatic heterocycles. The van der Waals surface area contributed by atoms with Gasteiger partial charge in [0.15, 0.2) is 6.10 Å². The zero-order valence-corrected chi connectivity index (χ0v) is 13.7. The number of para-hydroxylation sites is 2. The van der Waals surface area contributed by atoms with Crippen LogP contribution in [0.15, 0.2) is 77.2 Å². The second-order valence-electron chi connectivity index (χ2n) is 5.87. The van der Waals surface area contributed by atoms with Crippen LogP contribution in [-0.2, 0) is 4.79 Å². The number of hydrogen-bond acceptors (Lipinski definition) is 3. The fraction of sp³-hybridized carbons (Fsp3) is 0.0952. The Balaban J connectivity index is 1.53. The summed E-state index contributed by atoms with van der Waals surface area (Å²) >= 11 is 0. The molecule has 4 aromatic rings. The van der Waals surface area contributed by atoms with Gasteiger partial charge in [0, 0.05) is 22.5 Å². The third-order valence-electron chi connectivity index (χ3n) is 4.07. The summed E-state index contributed by atoms with van der Waals surface area (Å²) in [6.45, 7) is 1.72. The molecular weight excluding hydrogens is 314 g/mol. The normalized spacial score (nSPS) is 12.2. The Bertz CT molecular complexity index is 1040. The van der Waals surface area contributed by atoms with Crippen LogP contribution < -0.4 is 10.1 Å². The molecule has 0 aliphatic carbocycles. The van der Waals surface area contributed by atoms with E-state index < -0.39 is 6.10 Å². The maximum Gasteiger partial charge on any atom is 0.265 e. The van der Waals surface area contributed by atoms with Crippen LogP contribution in [-0.4, -0.2) is 12.0 Å². The number of nitrogens with one attached hydrogen (secondary N) is 1. The van der Waals surface area contributed by atoms with Crippen molar-refractivity contribution in [2.24, 2.45) is 0 Å². The molecule has 1 amide bonds. The van der Waals surface area contributed by atoms with E-state index in [0.717, 1.165) is 21.9 Å². The van der Waals surface area contributed by atoms with E-state index in [4.69, 9.17) is 9.15 Å². The molecule has 4 heteroatoms. The molecule has 0 bridgehead atoms. The lowest BCUT2D eigenvalue weighted by atomic mass is 10.1. The Morgan fingerprint density at radius 3 is 2.48 bits per heavy atom. The Morgan fingerprint density at radius 1 is 0.920 bits per heavy atom. The van der Waals surface area contributed by atoms with Crippen molar-refractivity contribution in [3.8, 4) is 5.75 Å². The molecule has 1 atom stereocenters. The highest BCUT2D eigenvalue weighted by Crippen LogP contribution is 2.30. The van der Waals surface area contributed by atoms with Gasteiger partial charge in [-0.1, -0.05) is 36.4 Å². The predicted molar refractivity (Wildman–Crippen MR) is 98.9 cm³/mol. The topological polar surface area (TPSA) is 51.5 Å². The van der Waals surface area contributed by atoms with Gasteiger partial charge in [-0.3, -0.25) is 4.79 Å². The maximum atomic E-state index is 12.4. The number of carbonyl (C=O) groups excluding carboxylic acids is 1. The van der Waals surface area contributed by atoms with E-state index in [0.29, 0.717) is 11.4 Å². The third kappa shape index (κ3) is 3.06. The minimum atomic E-state index is -0.603. The minimum absolute atomic E-state index is 0.209. The quantitative estimate of drug-likeness (QED) is 0.573. The van der Waals surface area contributed by atoms with Crippen LogP contribution in [0.5, 0.6) is 5.75 Å². The van der Waals surface area contributed by atoms with Crippen LogP contribution in [0.1, 0.15) is 6.92 Å². The molecule has 0 aliphatic rings. The van der Waals surface area contributed by atoms with E-state index >= 15 is 0 Å². The Hall–Kier alpha value is -3.27. The monoisotopic (exact) mass is 331 g/mol. The van der Waals surface area contributed by atoms with E-state index in [1.165, 1.54) is 0 Å². The summed E-state index contributed by atoms with van der Waals surface area (Å²) in [4.78, 5) is 12.4. The van der Waals surface area contributed by atoms with Gasteiger partial charge in [-0.2, -0.15) is 0 Å². The first-order chi connectivity index (χ1) is 12.2. The highest BCUT2D eigenvalue weighted by atomic mass is 16.5. The average molecular weight is 331 g/mol. The Kier molecular flexibility index (Phi) is 3.86. The lowest BCUT2D eigenvalue weighted by Gasteiger charge is -2.14. The smallest absolute Gasteiger partial charge is 0.265 e. The standard InChI is InChI=1S/C21H17NO3/c1-14(24-16-7-3-2-4-8-16)21(23)22-15-11-12-18-17-9-5-6-10-19(17)25-20(18)13-15/h2-14H,1H3,(H,22,23)/t14-/m0/s1. The molecule has 3 aromatic carbocycles. The van der Waals surface area contributed by atoms with Crippen molar-refractivity contribution in [2.45, 2.75) is 13.0 Å². The Labute approximate surface area is 145 Å². The molecular formula is C21H17NO3. The fourth-order valence-electron chi connectivity index (χ4n) is 2.80. The van der Waals surface area contributed by atoms with E-state index in [1.807, 2.05) is 72.8 Å². The predicted octanol–water partition coefficient (Wildman–Crippen LogP) is 4.99. The van der Waals surface area contributed by atoms with Crippen molar-refractivity contribution >= 4 is 33.5 Å². The number of furan rings is 1. The molecule has 0 radical (unpaired) electrons. The first-order valence-electron chi connectivity index (χ1n) is 8.14. The van der Waals surface area contributed by atoms with Gasteiger partial charge in [0.2, 0.25) is 0 Å². The molecule has 1 heterocycles. The molecule has 0 unspecified atom stereocenters. The largest absolute Gasteiger partial charge is 0.481 e. The van der Waals surface area contributed by atoms with E-state index in [9.17, 15) is 4.79 Å². The van der Waals surface area contributed by atoms with Gasteiger partial charge in [-0.15, -0.1) is 0 Å². The molecule has 4 rings (SSSR count). The number of carbonyl (C=O) groups is 1. The maximum absolute atomic E-state index is 12.4. The van der Waals surface area contributed by atoms with Crippen LogP contribution in [0.2, 0.25) is 0 Å². The summed E-state index contributed by atoms with van der Waals surface area (Å²) in [5.74, 6) is 0.456. The van der Waals surface area contributed by atoms with Crippen LogP contribution >= 0.6 is 0 Å². The summed E-state index contributed by atoms with van der Waals surface area (Å²) in [7, 11) is 0. The van der Waals surface area contributed by atoms with Crippen molar-refractivity contribution in [3.63, 3.8) is 0 Å². The zero-order chi connectivity index (χ0) is 17.2. The molecule has 0 saturated heterocycles. The van der Waals surface area contributed by atoms with Gasteiger partial charge in [0.05, 0.1) is 0 Å². The summed E-state index contributed by atoms with van der Waals surface area (Å²) in [5.41, 5.74) is 2.26. The second kappa shape index (κ2) is 6.32. The number of rotatable bonds is 4. The highest BCUT2D eigenvalue weighted by Gasteiger charge is 2.15. The van der Waals surface area contributed by atoms with Crippen LogP contribution in [0.25, 0.3) is 21.9 Å². The van der Waals surface area contributed by atoms with Gasteiger partial charge in [-0.05, 0) is 37.3 Å². The van der Waals surface area contributed by atoms with Crippen molar-refractivity contribution in [3.05, 3.63) is 72.8 Å². The van der Waals surface area contributed by atoms with Gasteiger partial charge in [0.25, 0.3) is 5.91 Å². The van der Waals surface area contributed by atoms with Gasteiger partial charge in [-0.25, -0.2) is 0 Å². The molecule has 124 valence electrons. The van der Waals surface area contributed by atoms with Crippen molar-refractivity contribution in [1.29, 1.82) is 0 Å². The summed E-state index contributed by atoms with van der Waals surface area (Å²) in [5, 5.41) is 4.97. The second-order valence-corrected chi connectivity index (χ2v) is 5.87. The Morgan fingerprint density at radius 2 is 1.64 bits per heavy atom. The van der Waals surface area contributed by atoms with E-state index in [1.54, 1.807) is 6.92 Å². The molecule has 25 heavy (non-hydrogen) atoms. The lowest BCUT2D eigenvalue weighted by molar-refractivity contribution is -0.122. The van der Waals surface area contributed by atoms with Crippen LogP contribution in [0.3, 0.4) is 0 Å². The zero-order valence-electron chi connectivity index (χ0n) is 13.7. The summed E-state index contributed by atoms with van der Waals surface area (Å²) in [6, 6.07) is 22.8. The molecule has 1 N–H and O–H groups in total. The van der Waals surface area contributed by atoms with Crippen LogP contribution in [0, 0.1) is 0 Å². The van der Waals surface area contributed by atoms with E-state index in [2.05, 4.69) is 5.32 Å². The molecule has 0 fully saturated rings. The summed E-state index contributed by atoms with van der Waals surface area (Å²) < 4.78 is 11.5. The molecule has 0 saturated carbocycles. The number of hydrogen-bond donors (Lipinski definition) is 1. The lowest BCUT2D eigenvalue weighted by Crippen LogP contribution is -2.30. The molecule has 4 nitrogen and oxygen atoms in total. The fourth-order valence-corrected chi connectivity index (χ4v) is 2.80. The van der Waals surface area contributed by atoms with E-state index in [-0.39, 0.29) is 5.91 Å². The van der Waals surface area contributed by atoms with Gasteiger partial charge >= 0.3 is 0 Å². The SMILES string of the molecule is C[C@H](Oc1ccccc1)C(=O)Nc1ccc2c(c1)oc1ccccc12. The van der Waals surface area contributed by atoms with Crippen molar-refractivity contribution in [2.75, 3.05) is 5.32 Å². The first kappa shape index (κ1) is 15.3. The summed E-state index contributed by atoms with van der Waals surface area (Å²) in [6.07, 6.45) is -0.603.